The van der Waals surface area contributed by atoms with Crippen LogP contribution in [0.15, 0.2) is 24.3 Å². The molecular formula is C20H34N2O3S. The number of aryl methyl sites for hydroxylation is 1. The molecule has 1 atom stereocenters. The van der Waals surface area contributed by atoms with E-state index in [-0.39, 0.29) is 5.91 Å². The number of hydrogen-bond acceptors (Lipinski definition) is 3. The van der Waals surface area contributed by atoms with Crippen LogP contribution in [0.5, 0.6) is 0 Å². The minimum absolute atomic E-state index is 0.00249. The first kappa shape index (κ1) is 22.5. The van der Waals surface area contributed by atoms with Gasteiger partial charge in [0.2, 0.25) is 15.9 Å². The lowest BCUT2D eigenvalue weighted by atomic mass is 9.99. The fourth-order valence-corrected chi connectivity index (χ4v) is 3.84. The Morgan fingerprint density at radius 1 is 1.15 bits per heavy atom. The average Bonchev–Trinajstić information content (AvgIpc) is 2.59. The second kappa shape index (κ2) is 11.2. The van der Waals surface area contributed by atoms with E-state index in [9.17, 15) is 13.2 Å². The smallest absolute Gasteiger partial charge is 0.232 e. The van der Waals surface area contributed by atoms with Crippen molar-refractivity contribution in [1.82, 2.24) is 5.32 Å². The molecule has 1 rings (SSSR count). The number of nitrogens with one attached hydrogen (secondary N) is 1. The molecule has 0 radical (unpaired) electrons. The molecule has 0 aliphatic carbocycles. The summed E-state index contributed by atoms with van der Waals surface area (Å²) in [5, 5.41) is 3.00. The maximum atomic E-state index is 12.1. The van der Waals surface area contributed by atoms with Crippen molar-refractivity contribution in [2.24, 2.45) is 5.92 Å². The molecule has 6 heteroatoms. The van der Waals surface area contributed by atoms with Crippen molar-refractivity contribution < 1.29 is 13.2 Å². The molecule has 0 heterocycles. The molecule has 0 fully saturated rings. The van der Waals surface area contributed by atoms with E-state index in [1.54, 1.807) is 12.1 Å². The van der Waals surface area contributed by atoms with Gasteiger partial charge in [0.15, 0.2) is 0 Å². The minimum Gasteiger partial charge on any atom is -0.356 e. The molecule has 148 valence electrons. The van der Waals surface area contributed by atoms with Gasteiger partial charge < -0.3 is 5.32 Å². The van der Waals surface area contributed by atoms with Crippen LogP contribution in [0.1, 0.15) is 57.9 Å². The van der Waals surface area contributed by atoms with E-state index in [1.807, 2.05) is 19.1 Å². The molecule has 5 nitrogen and oxygen atoms in total. The quantitative estimate of drug-likeness (QED) is 0.597. The molecule has 1 N–H and O–H groups in total. The highest BCUT2D eigenvalue weighted by Gasteiger charge is 2.17. The molecule has 0 aromatic heterocycles. The number of anilines is 1. The summed E-state index contributed by atoms with van der Waals surface area (Å²) in [5.41, 5.74) is 1.72. The second-order valence-corrected chi connectivity index (χ2v) is 8.90. The topological polar surface area (TPSA) is 66.5 Å². The van der Waals surface area contributed by atoms with Gasteiger partial charge in [-0.1, -0.05) is 50.8 Å². The molecule has 0 spiro atoms. The SMILES string of the molecule is CCCC[C@H](CC)CNC(=O)CCCN(c1ccc(C)cc1)S(C)(=O)=O. The third-order valence-electron chi connectivity index (χ3n) is 4.62. The Morgan fingerprint density at radius 3 is 2.35 bits per heavy atom. The monoisotopic (exact) mass is 382 g/mol. The number of hydrogen-bond donors (Lipinski definition) is 1. The zero-order valence-corrected chi connectivity index (χ0v) is 17.4. The van der Waals surface area contributed by atoms with Gasteiger partial charge in [0.05, 0.1) is 11.9 Å². The second-order valence-electron chi connectivity index (χ2n) is 6.99. The van der Waals surface area contributed by atoms with E-state index in [1.165, 1.54) is 23.4 Å². The summed E-state index contributed by atoms with van der Waals surface area (Å²) in [6, 6.07) is 7.38. The molecule has 0 bridgehead atoms. The Labute approximate surface area is 159 Å². The van der Waals surface area contributed by atoms with E-state index in [2.05, 4.69) is 19.2 Å². The van der Waals surface area contributed by atoms with E-state index in [0.717, 1.165) is 18.4 Å². The Morgan fingerprint density at radius 2 is 1.81 bits per heavy atom. The molecule has 1 aromatic rings. The zero-order chi connectivity index (χ0) is 19.6. The number of amides is 1. The third-order valence-corrected chi connectivity index (χ3v) is 5.81. The highest BCUT2D eigenvalue weighted by Crippen LogP contribution is 2.19. The lowest BCUT2D eigenvalue weighted by molar-refractivity contribution is -0.121. The Bertz CT molecular complexity index is 642. The van der Waals surface area contributed by atoms with Crippen molar-refractivity contribution in [1.29, 1.82) is 0 Å². The van der Waals surface area contributed by atoms with Crippen molar-refractivity contribution in [2.75, 3.05) is 23.7 Å². The van der Waals surface area contributed by atoms with E-state index in [4.69, 9.17) is 0 Å². The number of carbonyl (C=O) groups is 1. The molecule has 0 saturated heterocycles. The van der Waals surface area contributed by atoms with Crippen LogP contribution in [0.2, 0.25) is 0 Å². The number of carbonyl (C=O) groups excluding carboxylic acids is 1. The number of nitrogens with zero attached hydrogens (tertiary/aromatic N) is 1. The standard InChI is InChI=1S/C20H34N2O3S/c1-5-7-9-18(6-2)16-21-20(23)10-8-15-22(26(4,24)25)19-13-11-17(3)12-14-19/h11-14,18H,5-10,15-16H2,1-4H3,(H,21,23)/t18-/m0/s1. The highest BCUT2D eigenvalue weighted by molar-refractivity contribution is 7.92. The van der Waals surface area contributed by atoms with Crippen LogP contribution in [-0.4, -0.2) is 33.7 Å². The summed E-state index contributed by atoms with van der Waals surface area (Å²) in [6.07, 6.45) is 6.60. The fourth-order valence-electron chi connectivity index (χ4n) is 2.87. The van der Waals surface area contributed by atoms with Gasteiger partial charge in [-0.3, -0.25) is 9.10 Å². The van der Waals surface area contributed by atoms with Crippen molar-refractivity contribution in [3.63, 3.8) is 0 Å². The van der Waals surface area contributed by atoms with E-state index >= 15 is 0 Å². The van der Waals surface area contributed by atoms with Crippen molar-refractivity contribution in [3.05, 3.63) is 29.8 Å². The van der Waals surface area contributed by atoms with Crippen molar-refractivity contribution in [2.45, 2.75) is 59.3 Å². The van der Waals surface area contributed by atoms with Gasteiger partial charge in [-0.05, 0) is 37.8 Å². The summed E-state index contributed by atoms with van der Waals surface area (Å²) in [7, 11) is -3.37. The molecule has 26 heavy (non-hydrogen) atoms. The Balaban J connectivity index is 2.49. The average molecular weight is 383 g/mol. The van der Waals surface area contributed by atoms with Crippen molar-refractivity contribution >= 4 is 21.6 Å². The normalized spacial score (nSPS) is 12.6. The largest absolute Gasteiger partial charge is 0.356 e. The van der Waals surface area contributed by atoms with Crippen LogP contribution in [0.25, 0.3) is 0 Å². The lowest BCUT2D eigenvalue weighted by Gasteiger charge is -2.22. The highest BCUT2D eigenvalue weighted by atomic mass is 32.2. The van der Waals surface area contributed by atoms with Gasteiger partial charge in [0.25, 0.3) is 0 Å². The first-order valence-electron chi connectivity index (χ1n) is 9.59. The van der Waals surface area contributed by atoms with Crippen LogP contribution in [0.3, 0.4) is 0 Å². The van der Waals surface area contributed by atoms with Crippen LogP contribution in [-0.2, 0) is 14.8 Å². The van der Waals surface area contributed by atoms with Crippen LogP contribution in [0, 0.1) is 12.8 Å². The van der Waals surface area contributed by atoms with Crippen molar-refractivity contribution in [3.8, 4) is 0 Å². The maximum Gasteiger partial charge on any atom is 0.232 e. The molecule has 1 amide bonds. The Kier molecular flexibility index (Phi) is 9.70. The molecule has 1 aromatic carbocycles. The van der Waals surface area contributed by atoms with Gasteiger partial charge in [0, 0.05) is 19.5 Å². The predicted octanol–water partition coefficient (Wildman–Crippen LogP) is 3.87. The number of benzene rings is 1. The molecule has 0 aliphatic heterocycles. The molecule has 0 saturated carbocycles. The number of unbranched alkanes of at least 4 members (excludes halogenated alkanes) is 1. The van der Waals surface area contributed by atoms with Gasteiger partial charge >= 0.3 is 0 Å². The summed E-state index contributed by atoms with van der Waals surface area (Å²) in [5.74, 6) is 0.524. The molecule has 0 aliphatic rings. The first-order valence-corrected chi connectivity index (χ1v) is 11.4. The minimum atomic E-state index is -3.37. The summed E-state index contributed by atoms with van der Waals surface area (Å²) in [6.45, 7) is 7.30. The summed E-state index contributed by atoms with van der Waals surface area (Å²) < 4.78 is 25.5. The Hall–Kier alpha value is -1.56. The fraction of sp³-hybridized carbons (Fsp3) is 0.650. The molecular weight excluding hydrogens is 348 g/mol. The summed E-state index contributed by atoms with van der Waals surface area (Å²) >= 11 is 0. The van der Waals surface area contributed by atoms with Gasteiger partial charge in [-0.15, -0.1) is 0 Å². The van der Waals surface area contributed by atoms with Crippen LogP contribution >= 0.6 is 0 Å². The first-order chi connectivity index (χ1) is 12.3. The van der Waals surface area contributed by atoms with Crippen LogP contribution < -0.4 is 9.62 Å². The summed E-state index contributed by atoms with van der Waals surface area (Å²) in [4.78, 5) is 12.1. The van der Waals surface area contributed by atoms with Gasteiger partial charge in [-0.25, -0.2) is 8.42 Å². The maximum absolute atomic E-state index is 12.1. The lowest BCUT2D eigenvalue weighted by Crippen LogP contribution is -2.33. The molecule has 0 unspecified atom stereocenters. The third kappa shape index (κ3) is 8.21. The van der Waals surface area contributed by atoms with Gasteiger partial charge in [-0.2, -0.15) is 0 Å². The predicted molar refractivity (Wildman–Crippen MR) is 109 cm³/mol. The van der Waals surface area contributed by atoms with Gasteiger partial charge in [0.1, 0.15) is 0 Å². The van der Waals surface area contributed by atoms with Crippen LogP contribution in [0.4, 0.5) is 5.69 Å². The zero-order valence-electron chi connectivity index (χ0n) is 16.6. The number of sulfonamides is 1. The number of rotatable bonds is 12. The van der Waals surface area contributed by atoms with E-state index < -0.39 is 10.0 Å². The van der Waals surface area contributed by atoms with E-state index in [0.29, 0.717) is 37.5 Å².